The van der Waals surface area contributed by atoms with Gasteiger partial charge in [0.15, 0.2) is 10.7 Å². The van der Waals surface area contributed by atoms with Crippen LogP contribution in [0.25, 0.3) is 5.69 Å². The summed E-state index contributed by atoms with van der Waals surface area (Å²) < 4.78 is 28.3. The van der Waals surface area contributed by atoms with Gasteiger partial charge in [-0.05, 0) is 60.1 Å². The van der Waals surface area contributed by atoms with Gasteiger partial charge in [-0.3, -0.25) is 9.56 Å². The predicted molar refractivity (Wildman–Crippen MR) is 108 cm³/mol. The summed E-state index contributed by atoms with van der Waals surface area (Å²) in [7, 11) is 0. The quantitative estimate of drug-likeness (QED) is 0.616. The molecule has 1 aliphatic rings. The lowest BCUT2D eigenvalue weighted by Crippen LogP contribution is -2.10. The maximum Gasteiger partial charge on any atom is 0.159 e. The Kier molecular flexibility index (Phi) is 5.28. The number of benzene rings is 2. The largest absolute Gasteiger partial charge is 0.611 e. The Bertz CT molecular complexity index is 1030. The highest BCUT2D eigenvalue weighted by molar-refractivity contribution is 7.91. The molecular formula is C21H21FN4OS. The molecule has 7 heteroatoms. The number of hydrogen-bond acceptors (Lipinski definition) is 4. The van der Waals surface area contributed by atoms with E-state index in [-0.39, 0.29) is 5.82 Å². The molecule has 0 amide bonds. The first-order chi connectivity index (χ1) is 13.6. The fraction of sp³-hybridized carbons (Fsp3) is 0.286. The average molecular weight is 396 g/mol. The van der Waals surface area contributed by atoms with Crippen molar-refractivity contribution in [3.8, 4) is 5.69 Å². The third-order valence-corrected chi connectivity index (χ3v) is 6.30. The monoisotopic (exact) mass is 396 g/mol. The van der Waals surface area contributed by atoms with Crippen LogP contribution in [0.15, 0.2) is 52.4 Å². The number of aliphatic imine (C=N–C) groups is 1. The summed E-state index contributed by atoms with van der Waals surface area (Å²) >= 11 is -1.00. The van der Waals surface area contributed by atoms with E-state index in [4.69, 9.17) is 4.99 Å². The molecule has 0 saturated heterocycles. The summed E-state index contributed by atoms with van der Waals surface area (Å²) in [6, 6.07) is 12.2. The van der Waals surface area contributed by atoms with Crippen molar-refractivity contribution in [2.24, 2.45) is 4.99 Å². The highest BCUT2D eigenvalue weighted by atomic mass is 32.2. The molecule has 0 bridgehead atoms. The first-order valence-electron chi connectivity index (χ1n) is 9.39. The van der Waals surface area contributed by atoms with Crippen LogP contribution in [0.5, 0.6) is 0 Å². The Morgan fingerprint density at radius 3 is 2.61 bits per heavy atom. The standard InChI is InChI=1S/C21H21FN4OS/c1-3-11-28(27)16-8-5-14(6-9-16)21-17-12-15(22)7-10-18(17)26-19(4-2)24-25-20(26)13-23-21/h5-10,12H,3-4,11,13H2,1-2H3. The number of aromatic nitrogens is 3. The van der Waals surface area contributed by atoms with Crippen molar-refractivity contribution in [2.45, 2.75) is 38.1 Å². The number of hydrogen-bond donors (Lipinski definition) is 0. The van der Waals surface area contributed by atoms with E-state index < -0.39 is 11.2 Å². The number of rotatable bonds is 5. The van der Waals surface area contributed by atoms with Crippen molar-refractivity contribution in [3.05, 3.63) is 71.1 Å². The van der Waals surface area contributed by atoms with Gasteiger partial charge in [-0.1, -0.05) is 13.8 Å². The number of nitrogens with zero attached hydrogens (tertiary/aromatic N) is 4. The van der Waals surface area contributed by atoms with E-state index in [9.17, 15) is 8.94 Å². The van der Waals surface area contributed by atoms with Crippen LogP contribution in [-0.4, -0.2) is 30.8 Å². The summed E-state index contributed by atoms with van der Waals surface area (Å²) in [6.07, 6.45) is 1.59. The number of halogens is 1. The molecular weight excluding hydrogens is 375 g/mol. The molecule has 0 fully saturated rings. The van der Waals surface area contributed by atoms with E-state index in [2.05, 4.69) is 10.2 Å². The predicted octanol–water partition coefficient (Wildman–Crippen LogP) is 3.84. The molecule has 0 N–H and O–H groups in total. The molecule has 144 valence electrons. The highest BCUT2D eigenvalue weighted by Gasteiger charge is 2.23. The second-order valence-electron chi connectivity index (χ2n) is 6.62. The summed E-state index contributed by atoms with van der Waals surface area (Å²) in [5, 5.41) is 8.51. The second kappa shape index (κ2) is 7.85. The van der Waals surface area contributed by atoms with Crippen molar-refractivity contribution < 1.29 is 8.94 Å². The van der Waals surface area contributed by atoms with Crippen LogP contribution in [0.4, 0.5) is 4.39 Å². The molecule has 2 heterocycles. The van der Waals surface area contributed by atoms with Crippen LogP contribution in [0, 0.1) is 5.82 Å². The first-order valence-corrected chi connectivity index (χ1v) is 10.7. The highest BCUT2D eigenvalue weighted by Crippen LogP contribution is 2.27. The normalized spacial score (nSPS) is 14.1. The molecule has 4 rings (SSSR count). The number of aryl methyl sites for hydroxylation is 1. The second-order valence-corrected chi connectivity index (χ2v) is 8.19. The Morgan fingerprint density at radius 2 is 1.89 bits per heavy atom. The fourth-order valence-electron chi connectivity index (χ4n) is 3.41. The van der Waals surface area contributed by atoms with E-state index >= 15 is 0 Å². The lowest BCUT2D eigenvalue weighted by Gasteiger charge is -2.14. The summed E-state index contributed by atoms with van der Waals surface area (Å²) in [5.41, 5.74) is 3.10. The lowest BCUT2D eigenvalue weighted by molar-refractivity contribution is 0.593. The van der Waals surface area contributed by atoms with Crippen LogP contribution < -0.4 is 0 Å². The fourth-order valence-corrected chi connectivity index (χ4v) is 4.45. The third-order valence-electron chi connectivity index (χ3n) is 4.73. The molecule has 1 aliphatic heterocycles. The van der Waals surface area contributed by atoms with Gasteiger partial charge in [0.2, 0.25) is 0 Å². The van der Waals surface area contributed by atoms with Gasteiger partial charge in [0.1, 0.15) is 23.9 Å². The summed E-state index contributed by atoms with van der Waals surface area (Å²) in [5.74, 6) is 1.88. The molecule has 1 aromatic heterocycles. The molecule has 5 nitrogen and oxygen atoms in total. The molecule has 1 unspecified atom stereocenters. The van der Waals surface area contributed by atoms with Crippen LogP contribution in [0.2, 0.25) is 0 Å². The van der Waals surface area contributed by atoms with Crippen LogP contribution >= 0.6 is 0 Å². The minimum absolute atomic E-state index is 0.318. The molecule has 0 radical (unpaired) electrons. The zero-order valence-electron chi connectivity index (χ0n) is 15.9. The first kappa shape index (κ1) is 18.8. The van der Waals surface area contributed by atoms with Crippen molar-refractivity contribution in [1.29, 1.82) is 0 Å². The van der Waals surface area contributed by atoms with Gasteiger partial charge in [-0.15, -0.1) is 10.2 Å². The Labute approximate surface area is 166 Å². The Balaban J connectivity index is 1.80. The molecule has 3 aromatic rings. The zero-order valence-corrected chi connectivity index (χ0v) is 16.7. The zero-order chi connectivity index (χ0) is 19.7. The van der Waals surface area contributed by atoms with Gasteiger partial charge in [-0.2, -0.15) is 0 Å². The maximum absolute atomic E-state index is 14.1. The van der Waals surface area contributed by atoms with E-state index in [1.165, 1.54) is 12.1 Å². The van der Waals surface area contributed by atoms with Gasteiger partial charge in [0.05, 0.1) is 11.4 Å². The molecule has 2 aromatic carbocycles. The van der Waals surface area contributed by atoms with Crippen LogP contribution in [0.1, 0.15) is 43.0 Å². The van der Waals surface area contributed by atoms with Crippen molar-refractivity contribution in [2.75, 3.05) is 5.75 Å². The van der Waals surface area contributed by atoms with E-state index in [0.717, 1.165) is 40.6 Å². The molecule has 1 atom stereocenters. The third kappa shape index (κ3) is 3.36. The minimum atomic E-state index is -1.00. The average Bonchev–Trinajstić information content (AvgIpc) is 3.04. The van der Waals surface area contributed by atoms with Gasteiger partial charge >= 0.3 is 0 Å². The smallest absolute Gasteiger partial charge is 0.159 e. The SMILES string of the molecule is CCC[S+]([O-])c1ccc(C2=NCc3nnc(CC)n3-c3ccc(F)cc32)cc1. The van der Waals surface area contributed by atoms with E-state index in [0.29, 0.717) is 23.6 Å². The van der Waals surface area contributed by atoms with Crippen molar-refractivity contribution in [1.82, 2.24) is 14.8 Å². The number of fused-ring (bicyclic) bond motifs is 3. The van der Waals surface area contributed by atoms with Gasteiger partial charge in [0, 0.05) is 17.5 Å². The van der Waals surface area contributed by atoms with Gasteiger partial charge in [0.25, 0.3) is 0 Å². The van der Waals surface area contributed by atoms with Crippen molar-refractivity contribution >= 4 is 16.9 Å². The van der Waals surface area contributed by atoms with Crippen molar-refractivity contribution in [3.63, 3.8) is 0 Å². The van der Waals surface area contributed by atoms with E-state index in [1.807, 2.05) is 42.7 Å². The van der Waals surface area contributed by atoms with Crippen LogP contribution in [0.3, 0.4) is 0 Å². The molecule has 0 spiro atoms. The Hall–Kier alpha value is -2.51. The summed E-state index contributed by atoms with van der Waals surface area (Å²) in [4.78, 5) is 5.52. The molecule has 0 aliphatic carbocycles. The topological polar surface area (TPSA) is 66.1 Å². The molecule has 28 heavy (non-hydrogen) atoms. The van der Waals surface area contributed by atoms with Gasteiger partial charge in [-0.25, -0.2) is 4.39 Å². The minimum Gasteiger partial charge on any atom is -0.611 e. The van der Waals surface area contributed by atoms with E-state index in [1.54, 1.807) is 6.07 Å². The summed E-state index contributed by atoms with van der Waals surface area (Å²) in [6.45, 7) is 4.39. The molecule has 0 saturated carbocycles. The lowest BCUT2D eigenvalue weighted by atomic mass is 10.0. The van der Waals surface area contributed by atoms with Gasteiger partial charge < -0.3 is 4.55 Å². The van der Waals surface area contributed by atoms with Crippen LogP contribution in [-0.2, 0) is 24.1 Å². The Morgan fingerprint density at radius 1 is 1.11 bits per heavy atom. The maximum atomic E-state index is 14.1.